The van der Waals surface area contributed by atoms with E-state index >= 15 is 0 Å². The largest absolute Gasteiger partial charge is 0.478 e. The van der Waals surface area contributed by atoms with Gasteiger partial charge in [0.2, 0.25) is 0 Å². The van der Waals surface area contributed by atoms with E-state index < -0.39 is 5.97 Å². The molecule has 0 amide bonds. The van der Waals surface area contributed by atoms with Crippen molar-refractivity contribution in [2.45, 2.75) is 99.3 Å². The third-order valence-electron chi connectivity index (χ3n) is 16.6. The van der Waals surface area contributed by atoms with Crippen LogP contribution < -0.4 is 10.6 Å². The Morgan fingerprint density at radius 2 is 1.67 bits per heavy atom. The smallest absolute Gasteiger partial charge is 0.335 e. The number of fused-ring (bicyclic) bond motifs is 7. The predicted molar refractivity (Wildman–Crippen MR) is 198 cm³/mol. The molecule has 5 aliphatic carbocycles. The Morgan fingerprint density at radius 3 is 2.35 bits per heavy atom. The molecule has 264 valence electrons. The predicted octanol–water partition coefficient (Wildman–Crippen LogP) is 8.53. The van der Waals surface area contributed by atoms with Gasteiger partial charge < -0.3 is 15.7 Å². The third-order valence-corrected chi connectivity index (χ3v) is 16.6. The summed E-state index contributed by atoms with van der Waals surface area (Å²) < 4.78 is 0. The van der Waals surface area contributed by atoms with E-state index in [1.165, 1.54) is 94.3 Å². The highest BCUT2D eigenvalue weighted by molar-refractivity contribution is 5.88. The molecule has 5 heteroatoms. The SMILES string of the molecule is C=C(C)[C@@H]1CC[C@]2(CNCCN3CCNCC3)CC[C@]3(C)[C@H](CC[C@@H]4[C@@]5(C)CC=C(c6ccc(C(=O)O)cc6)C(C)(C)[C@@H]5CC[C@]43C)[C@@H]12. The van der Waals surface area contributed by atoms with E-state index in [-0.39, 0.29) is 10.8 Å². The van der Waals surface area contributed by atoms with Crippen LogP contribution in [0.4, 0.5) is 0 Å². The minimum atomic E-state index is -0.851. The number of nitrogens with one attached hydrogen (secondary N) is 2. The maximum absolute atomic E-state index is 11.6. The first-order valence-electron chi connectivity index (χ1n) is 19.6. The van der Waals surface area contributed by atoms with Gasteiger partial charge in [-0.15, -0.1) is 0 Å². The summed E-state index contributed by atoms with van der Waals surface area (Å²) in [6.07, 6.45) is 14.5. The number of carboxylic acid groups (broad SMARTS) is 1. The molecular weight excluding hydrogens is 590 g/mol. The molecule has 9 atom stereocenters. The number of rotatable bonds is 8. The van der Waals surface area contributed by atoms with Gasteiger partial charge in [0.1, 0.15) is 0 Å². The number of hydrogen-bond acceptors (Lipinski definition) is 4. The van der Waals surface area contributed by atoms with E-state index in [0.29, 0.717) is 33.6 Å². The average molecular weight is 656 g/mol. The van der Waals surface area contributed by atoms with Crippen LogP contribution in [0.15, 0.2) is 42.5 Å². The van der Waals surface area contributed by atoms with Gasteiger partial charge in [0.15, 0.2) is 0 Å². The number of hydrogen-bond donors (Lipinski definition) is 3. The van der Waals surface area contributed by atoms with Crippen LogP contribution in [-0.4, -0.2) is 61.8 Å². The van der Waals surface area contributed by atoms with Crippen LogP contribution in [0.3, 0.4) is 0 Å². The molecule has 0 aromatic heterocycles. The van der Waals surface area contributed by atoms with E-state index in [2.05, 4.69) is 69.7 Å². The van der Waals surface area contributed by atoms with Crippen molar-refractivity contribution in [3.63, 3.8) is 0 Å². The summed E-state index contributed by atoms with van der Waals surface area (Å²) in [4.78, 5) is 14.2. The molecular formula is C43H65N3O2. The average Bonchev–Trinajstić information content (AvgIpc) is 3.44. The molecule has 0 spiro atoms. The summed E-state index contributed by atoms with van der Waals surface area (Å²) in [5.74, 6) is 2.71. The van der Waals surface area contributed by atoms with Crippen LogP contribution in [0.1, 0.15) is 115 Å². The molecule has 4 saturated carbocycles. The van der Waals surface area contributed by atoms with Crippen molar-refractivity contribution in [3.8, 4) is 0 Å². The molecule has 48 heavy (non-hydrogen) atoms. The molecule has 0 unspecified atom stereocenters. The van der Waals surface area contributed by atoms with Gasteiger partial charge in [-0.25, -0.2) is 4.79 Å². The quantitative estimate of drug-likeness (QED) is 0.194. The summed E-state index contributed by atoms with van der Waals surface area (Å²) in [6.45, 7) is 28.2. The Hall–Kier alpha value is -1.95. The Balaban J connectivity index is 1.14. The molecule has 7 rings (SSSR count). The fourth-order valence-corrected chi connectivity index (χ4v) is 14.0. The zero-order valence-corrected chi connectivity index (χ0v) is 31.1. The molecule has 5 fully saturated rings. The van der Waals surface area contributed by atoms with Crippen LogP contribution in [-0.2, 0) is 0 Å². The van der Waals surface area contributed by atoms with E-state index in [1.54, 1.807) is 12.1 Å². The van der Waals surface area contributed by atoms with Gasteiger partial charge in [-0.2, -0.15) is 0 Å². The summed E-state index contributed by atoms with van der Waals surface area (Å²) in [5, 5.41) is 17.0. The second-order valence-corrected chi connectivity index (χ2v) is 18.7. The number of nitrogens with zero attached hydrogens (tertiary/aromatic N) is 1. The van der Waals surface area contributed by atoms with Crippen LogP contribution >= 0.6 is 0 Å². The number of carbonyl (C=O) groups is 1. The highest BCUT2D eigenvalue weighted by Crippen LogP contribution is 2.77. The van der Waals surface area contributed by atoms with Gasteiger partial charge in [0.25, 0.3) is 0 Å². The maximum atomic E-state index is 11.6. The molecule has 1 aliphatic heterocycles. The van der Waals surface area contributed by atoms with Crippen molar-refractivity contribution in [3.05, 3.63) is 53.6 Å². The van der Waals surface area contributed by atoms with Crippen LogP contribution in [0.25, 0.3) is 5.57 Å². The minimum Gasteiger partial charge on any atom is -0.478 e. The zero-order valence-electron chi connectivity index (χ0n) is 31.1. The third kappa shape index (κ3) is 5.22. The van der Waals surface area contributed by atoms with Crippen LogP contribution in [0.5, 0.6) is 0 Å². The van der Waals surface area contributed by atoms with Gasteiger partial charge in [0, 0.05) is 45.8 Å². The van der Waals surface area contributed by atoms with Crippen molar-refractivity contribution < 1.29 is 9.90 Å². The minimum absolute atomic E-state index is 0.0470. The second-order valence-electron chi connectivity index (χ2n) is 18.7. The van der Waals surface area contributed by atoms with Gasteiger partial charge in [-0.3, -0.25) is 4.90 Å². The molecule has 0 radical (unpaired) electrons. The van der Waals surface area contributed by atoms with Crippen molar-refractivity contribution in [2.24, 2.45) is 56.7 Å². The summed E-state index contributed by atoms with van der Waals surface area (Å²) in [7, 11) is 0. The van der Waals surface area contributed by atoms with Gasteiger partial charge >= 0.3 is 5.97 Å². The highest BCUT2D eigenvalue weighted by atomic mass is 16.4. The van der Waals surface area contributed by atoms with Gasteiger partial charge in [-0.05, 0) is 145 Å². The van der Waals surface area contributed by atoms with Gasteiger partial charge in [0.05, 0.1) is 5.56 Å². The topological polar surface area (TPSA) is 64.6 Å². The fraction of sp³-hybridized carbons (Fsp3) is 0.744. The lowest BCUT2D eigenvalue weighted by molar-refractivity contribution is -0.225. The number of benzene rings is 1. The number of aromatic carboxylic acids is 1. The Kier molecular flexibility index (Phi) is 8.89. The monoisotopic (exact) mass is 656 g/mol. The Bertz CT molecular complexity index is 1430. The lowest BCUT2D eigenvalue weighted by Gasteiger charge is -2.72. The van der Waals surface area contributed by atoms with E-state index in [0.717, 1.165) is 43.8 Å². The zero-order chi connectivity index (χ0) is 34.1. The molecule has 1 saturated heterocycles. The van der Waals surface area contributed by atoms with Gasteiger partial charge in [-0.1, -0.05) is 65.0 Å². The number of allylic oxidation sites excluding steroid dienone is 3. The molecule has 6 aliphatic rings. The maximum Gasteiger partial charge on any atom is 0.335 e. The number of piperazine rings is 1. The van der Waals surface area contributed by atoms with E-state index in [1.807, 2.05) is 12.1 Å². The van der Waals surface area contributed by atoms with Crippen molar-refractivity contribution in [1.82, 2.24) is 15.5 Å². The molecule has 5 nitrogen and oxygen atoms in total. The van der Waals surface area contributed by atoms with E-state index in [4.69, 9.17) is 0 Å². The standard InChI is InChI=1S/C43H65N3O2/c1-29(2)32-14-19-43(28-45-24-27-46-25-22-44-23-26-46)21-20-41(6)34(37(32)43)12-13-36-40(5)17-15-33(30-8-10-31(11-9-30)38(47)48)39(3,4)35(40)16-18-42(36,41)7/h8-11,15,32,34-37,44-45H,1,12-14,16-28H2,2-7H3,(H,47,48)/t32-,34+,35-,36+,37+,40-,41+,42+,43+/m0/s1. The molecule has 1 aromatic carbocycles. The van der Waals surface area contributed by atoms with Crippen molar-refractivity contribution in [2.75, 3.05) is 45.8 Å². The summed E-state index contributed by atoms with van der Waals surface area (Å²) in [6, 6.07) is 7.67. The first-order valence-corrected chi connectivity index (χ1v) is 19.6. The Labute approximate surface area is 291 Å². The second kappa shape index (κ2) is 12.4. The van der Waals surface area contributed by atoms with Crippen molar-refractivity contribution >= 4 is 11.5 Å². The molecule has 1 heterocycles. The fourth-order valence-electron chi connectivity index (χ4n) is 14.0. The van der Waals surface area contributed by atoms with Crippen LogP contribution in [0, 0.1) is 56.7 Å². The van der Waals surface area contributed by atoms with Crippen LogP contribution in [0.2, 0.25) is 0 Å². The lowest BCUT2D eigenvalue weighted by atomic mass is 9.32. The van der Waals surface area contributed by atoms with Crippen molar-refractivity contribution in [1.29, 1.82) is 0 Å². The lowest BCUT2D eigenvalue weighted by Crippen LogP contribution is -2.66. The van der Waals surface area contributed by atoms with E-state index in [9.17, 15) is 9.90 Å². The highest BCUT2D eigenvalue weighted by Gasteiger charge is 2.70. The normalized spacial score (nSPS) is 42.1. The molecule has 1 aromatic rings. The molecule has 0 bridgehead atoms. The first kappa shape index (κ1) is 34.5. The summed E-state index contributed by atoms with van der Waals surface area (Å²) >= 11 is 0. The number of carboxylic acids is 1. The first-order chi connectivity index (χ1) is 22.8. The summed E-state index contributed by atoms with van der Waals surface area (Å²) in [5.41, 5.74) is 5.88. The molecule has 3 N–H and O–H groups in total. The Morgan fingerprint density at radius 1 is 0.938 bits per heavy atom.